The maximum atomic E-state index is 7.05. The minimum Gasteiger partial charge on any atom is -0.456 e. The van der Waals surface area contributed by atoms with Gasteiger partial charge in [0.05, 0.1) is 16.8 Å². The van der Waals surface area contributed by atoms with Crippen molar-refractivity contribution in [3.8, 4) is 0 Å². The lowest BCUT2D eigenvalue weighted by Gasteiger charge is -2.54. The molecule has 4 nitrogen and oxygen atoms in total. The summed E-state index contributed by atoms with van der Waals surface area (Å²) in [6.45, 7) is 41.4. The third-order valence-corrected chi connectivity index (χ3v) is 20.8. The van der Waals surface area contributed by atoms with E-state index in [1.807, 2.05) is 0 Å². The lowest BCUT2D eigenvalue weighted by atomic mass is 9.32. The highest BCUT2D eigenvalue weighted by Crippen LogP contribution is 2.66. The fourth-order valence-corrected chi connectivity index (χ4v) is 16.5. The van der Waals surface area contributed by atoms with Crippen molar-refractivity contribution in [1.29, 1.82) is 0 Å². The minimum atomic E-state index is -0.118. The van der Waals surface area contributed by atoms with Crippen LogP contribution in [0.25, 0.3) is 21.9 Å². The Hall–Kier alpha value is -5.42. The SMILES string of the molecule is Cc1cc(C)c2c3c1B1c4c(cc(N5c6ccc(C(C)(C)C)cc6C6(C)CCCCC56C)cc4N3C3(C)CCCCC23C)N(c2c(C)cc(C(C)(C)C)cc2C)c2ccc3oc4ccc(C(C)(C)C)cc4c3c21. The van der Waals surface area contributed by atoms with E-state index in [0.29, 0.717) is 0 Å². The molecule has 0 amide bonds. The molecular weight excluding hydrogens is 886 g/mol. The highest BCUT2D eigenvalue weighted by molar-refractivity contribution is 7.02. The van der Waals surface area contributed by atoms with E-state index in [9.17, 15) is 0 Å². The van der Waals surface area contributed by atoms with Crippen molar-refractivity contribution in [2.24, 2.45) is 0 Å². The fourth-order valence-electron chi connectivity index (χ4n) is 16.5. The topological polar surface area (TPSA) is 22.9 Å². The maximum absolute atomic E-state index is 7.05. The number of fused-ring (bicyclic) bond motifs is 14. The van der Waals surface area contributed by atoms with Gasteiger partial charge in [-0.05, 0) is 187 Å². The molecule has 0 saturated heterocycles. The third-order valence-electron chi connectivity index (χ3n) is 20.8. The molecule has 73 heavy (non-hydrogen) atoms. The largest absolute Gasteiger partial charge is 0.456 e. The number of furan rings is 1. The first-order valence-corrected chi connectivity index (χ1v) is 28.2. The van der Waals surface area contributed by atoms with Gasteiger partial charge < -0.3 is 19.1 Å². The van der Waals surface area contributed by atoms with Gasteiger partial charge in [0.15, 0.2) is 0 Å². The zero-order valence-corrected chi connectivity index (χ0v) is 47.5. The number of hydrogen-bond acceptors (Lipinski definition) is 4. The molecule has 4 aliphatic heterocycles. The van der Waals surface area contributed by atoms with Crippen LogP contribution in [0.15, 0.2) is 83.3 Å². The minimum absolute atomic E-state index is 0.00479. The van der Waals surface area contributed by atoms with Crippen molar-refractivity contribution >= 4 is 84.9 Å². The van der Waals surface area contributed by atoms with Crippen LogP contribution in [0.3, 0.4) is 0 Å². The molecule has 2 fully saturated rings. The van der Waals surface area contributed by atoms with Gasteiger partial charge in [-0.1, -0.05) is 144 Å². The van der Waals surface area contributed by atoms with E-state index in [1.165, 1.54) is 150 Å². The van der Waals surface area contributed by atoms with Crippen LogP contribution in [0.5, 0.6) is 0 Å². The van der Waals surface area contributed by atoms with Gasteiger partial charge in [-0.3, -0.25) is 0 Å². The molecule has 2 saturated carbocycles. The van der Waals surface area contributed by atoms with Gasteiger partial charge in [0.1, 0.15) is 11.2 Å². The Kier molecular flexibility index (Phi) is 9.53. The predicted octanol–water partition coefficient (Wildman–Crippen LogP) is 16.8. The summed E-state index contributed by atoms with van der Waals surface area (Å²) in [5.41, 5.74) is 28.3. The summed E-state index contributed by atoms with van der Waals surface area (Å²) in [4.78, 5) is 8.62. The van der Waals surface area contributed by atoms with Gasteiger partial charge in [0.25, 0.3) is 6.71 Å². The lowest BCUT2D eigenvalue weighted by molar-refractivity contribution is 0.193. The van der Waals surface area contributed by atoms with Crippen molar-refractivity contribution in [3.05, 3.63) is 129 Å². The number of benzene rings is 6. The van der Waals surface area contributed by atoms with E-state index in [4.69, 9.17) is 4.42 Å². The smallest absolute Gasteiger partial charge is 0.253 e. The average molecular weight is 966 g/mol. The number of rotatable bonds is 2. The summed E-state index contributed by atoms with van der Waals surface area (Å²) >= 11 is 0. The van der Waals surface area contributed by atoms with E-state index < -0.39 is 0 Å². The molecule has 6 aliphatic rings. The molecule has 5 heterocycles. The van der Waals surface area contributed by atoms with E-state index in [1.54, 1.807) is 5.56 Å². The Morgan fingerprint density at radius 3 is 1.68 bits per heavy atom. The Bertz CT molecular complexity index is 3550. The summed E-state index contributed by atoms with van der Waals surface area (Å²) in [6, 6.07) is 32.3. The van der Waals surface area contributed by atoms with Gasteiger partial charge in [-0.15, -0.1) is 0 Å². The number of hydrogen-bond donors (Lipinski definition) is 0. The molecule has 2 aliphatic carbocycles. The summed E-state index contributed by atoms with van der Waals surface area (Å²) in [6.07, 6.45) is 9.72. The molecule has 1 aromatic heterocycles. The van der Waals surface area contributed by atoms with Crippen LogP contribution in [-0.2, 0) is 27.1 Å². The van der Waals surface area contributed by atoms with Crippen molar-refractivity contribution in [3.63, 3.8) is 0 Å². The highest BCUT2D eigenvalue weighted by Gasteiger charge is 2.63. The maximum Gasteiger partial charge on any atom is 0.253 e. The first-order valence-electron chi connectivity index (χ1n) is 28.2. The van der Waals surface area contributed by atoms with Gasteiger partial charge >= 0.3 is 0 Å². The second-order valence-corrected chi connectivity index (χ2v) is 28.2. The molecule has 376 valence electrons. The summed E-state index contributed by atoms with van der Waals surface area (Å²) < 4.78 is 7.05. The molecule has 5 heteroatoms. The van der Waals surface area contributed by atoms with Crippen LogP contribution in [-0.4, -0.2) is 17.8 Å². The lowest BCUT2D eigenvalue weighted by Crippen LogP contribution is -2.65. The second-order valence-electron chi connectivity index (χ2n) is 28.2. The Labute approximate surface area is 438 Å². The van der Waals surface area contributed by atoms with Crippen LogP contribution in [0.4, 0.5) is 39.8 Å². The molecule has 0 N–H and O–H groups in total. The van der Waals surface area contributed by atoms with Crippen LogP contribution in [0, 0.1) is 27.7 Å². The normalized spacial score (nSPS) is 25.0. The first kappa shape index (κ1) is 47.3. The van der Waals surface area contributed by atoms with E-state index in [2.05, 4.69) is 211 Å². The number of aryl methyl sites for hydroxylation is 4. The Balaban J connectivity index is 1.21. The van der Waals surface area contributed by atoms with Crippen molar-refractivity contribution in [1.82, 2.24) is 0 Å². The predicted molar refractivity (Wildman–Crippen MR) is 314 cm³/mol. The number of anilines is 7. The van der Waals surface area contributed by atoms with Gasteiger partial charge in [-0.25, -0.2) is 0 Å². The first-order chi connectivity index (χ1) is 34.2. The van der Waals surface area contributed by atoms with E-state index >= 15 is 0 Å². The van der Waals surface area contributed by atoms with Crippen LogP contribution >= 0.6 is 0 Å². The summed E-state index contributed by atoms with van der Waals surface area (Å²) in [7, 11) is 0. The Morgan fingerprint density at radius 2 is 1.03 bits per heavy atom. The van der Waals surface area contributed by atoms with Crippen LogP contribution in [0.1, 0.15) is 191 Å². The fraction of sp³-hybridized carbons (Fsp3) is 0.471. The van der Waals surface area contributed by atoms with Crippen molar-refractivity contribution in [2.45, 2.75) is 207 Å². The quantitative estimate of drug-likeness (QED) is 0.161. The van der Waals surface area contributed by atoms with Gasteiger partial charge in [-0.2, -0.15) is 0 Å². The highest BCUT2D eigenvalue weighted by atomic mass is 16.3. The summed E-state index contributed by atoms with van der Waals surface area (Å²) in [5, 5.41) is 2.49. The zero-order valence-electron chi connectivity index (χ0n) is 47.5. The van der Waals surface area contributed by atoms with Crippen LogP contribution in [0.2, 0.25) is 0 Å². The van der Waals surface area contributed by atoms with E-state index in [0.717, 1.165) is 24.0 Å². The molecule has 7 aromatic rings. The number of nitrogens with zero attached hydrogens (tertiary/aromatic N) is 3. The molecule has 13 rings (SSSR count). The molecule has 0 radical (unpaired) electrons. The van der Waals surface area contributed by atoms with E-state index in [-0.39, 0.29) is 44.9 Å². The zero-order chi connectivity index (χ0) is 51.6. The van der Waals surface area contributed by atoms with Crippen molar-refractivity contribution < 1.29 is 4.42 Å². The Morgan fingerprint density at radius 1 is 0.466 bits per heavy atom. The molecule has 0 bridgehead atoms. The third kappa shape index (κ3) is 5.98. The summed E-state index contributed by atoms with van der Waals surface area (Å²) in [5.74, 6) is 0. The molecule has 0 spiro atoms. The average Bonchev–Trinajstić information content (AvgIpc) is 3.86. The molecule has 6 aromatic carbocycles. The second kappa shape index (κ2) is 14.7. The van der Waals surface area contributed by atoms with Gasteiger partial charge in [0.2, 0.25) is 0 Å². The van der Waals surface area contributed by atoms with Gasteiger partial charge in [0, 0.05) is 55.7 Å². The molecular formula is C68H80BN3O. The van der Waals surface area contributed by atoms with Crippen LogP contribution < -0.4 is 31.1 Å². The monoisotopic (exact) mass is 966 g/mol. The molecule has 4 unspecified atom stereocenters. The standard InChI is InChI=1S/C68H80BN3O/c1-39-32-40(2)57-61-56(39)66(15)29-19-21-31-68(66,17)72(61)52-38-46(71-49-24-22-44(63(8,9)10)36-48(49)65(14)28-18-20-30-67(65,71)16)37-51-58(52)69(57)59-50(70(51)60-41(3)33-45(34-42(60)4)64(11,12)13)25-27-54-55(59)47-35-43(62(5,6)7)23-26-53(47)73-54/h22-27,32-38H,18-21,28-31H2,1-17H3. The molecule has 4 atom stereocenters. The van der Waals surface area contributed by atoms with Crippen molar-refractivity contribution in [2.75, 3.05) is 14.7 Å².